The Hall–Kier alpha value is -2.86. The molecule has 0 aromatic heterocycles. The Morgan fingerprint density at radius 3 is 2.10 bits per heavy atom. The van der Waals surface area contributed by atoms with Crippen molar-refractivity contribution < 1.29 is 9.59 Å². The van der Waals surface area contributed by atoms with Gasteiger partial charge in [0.1, 0.15) is 0 Å². The maximum absolute atomic E-state index is 12.6. The van der Waals surface area contributed by atoms with E-state index >= 15 is 0 Å². The van der Waals surface area contributed by atoms with Crippen molar-refractivity contribution in [1.29, 1.82) is 0 Å². The van der Waals surface area contributed by atoms with Gasteiger partial charge in [-0.2, -0.15) is 10.1 Å². The van der Waals surface area contributed by atoms with E-state index in [1.165, 1.54) is 5.01 Å². The van der Waals surface area contributed by atoms with Crippen LogP contribution in [0.5, 0.6) is 0 Å². The highest BCUT2D eigenvalue weighted by Crippen LogP contribution is 2.33. The predicted octanol–water partition coefficient (Wildman–Crippen LogP) is 5.98. The van der Waals surface area contributed by atoms with Crippen LogP contribution in [0.1, 0.15) is 27.0 Å². The molecule has 0 fully saturated rings. The lowest BCUT2D eigenvalue weighted by Gasteiger charge is -2.22. The number of halogens is 3. The first-order valence-electron chi connectivity index (χ1n) is 9.40. The number of carbonyl (C=O) groups is 2. The third-order valence-electron chi connectivity index (χ3n) is 4.81. The number of carbonyl (C=O) groups excluding carboxylic acids is 2. The van der Waals surface area contributed by atoms with Gasteiger partial charge in [-0.15, -0.1) is 0 Å². The Kier molecular flexibility index (Phi) is 6.28. The SMILES string of the molecule is O=C(c1ccc(Cl)cc1)c1ccc(Cc2c(Cl)cc(N3N=CCNC3=O)cc2Cl)cc1. The summed E-state index contributed by atoms with van der Waals surface area (Å²) in [5.74, 6) is -0.0796. The van der Waals surface area contributed by atoms with Crippen molar-refractivity contribution in [3.8, 4) is 0 Å². The van der Waals surface area contributed by atoms with Crippen LogP contribution < -0.4 is 10.3 Å². The molecule has 3 aromatic carbocycles. The number of nitrogens with zero attached hydrogens (tertiary/aromatic N) is 2. The Morgan fingerprint density at radius 1 is 0.935 bits per heavy atom. The number of nitrogens with one attached hydrogen (secondary N) is 1. The fourth-order valence-corrected chi connectivity index (χ4v) is 3.93. The molecule has 4 rings (SSSR count). The van der Waals surface area contributed by atoms with Crippen molar-refractivity contribution in [1.82, 2.24) is 5.32 Å². The van der Waals surface area contributed by atoms with Crippen LogP contribution in [0, 0.1) is 0 Å². The summed E-state index contributed by atoms with van der Waals surface area (Å²) in [4.78, 5) is 24.6. The molecule has 0 bridgehead atoms. The minimum Gasteiger partial charge on any atom is -0.331 e. The van der Waals surface area contributed by atoms with E-state index in [-0.39, 0.29) is 11.8 Å². The lowest BCUT2D eigenvalue weighted by atomic mass is 9.99. The van der Waals surface area contributed by atoms with Gasteiger partial charge in [0.2, 0.25) is 0 Å². The van der Waals surface area contributed by atoms with E-state index in [4.69, 9.17) is 34.8 Å². The molecule has 0 spiro atoms. The standard InChI is InChI=1S/C23H16Cl3N3O2/c24-17-7-5-16(6-8-17)22(30)15-3-1-14(2-4-15)11-19-20(25)12-18(13-21(19)26)29-23(31)27-9-10-28-29/h1-8,10,12-13H,9,11H2,(H,27,31). The molecule has 0 unspecified atom stereocenters. The van der Waals surface area contributed by atoms with Crippen LogP contribution in [0.3, 0.4) is 0 Å². The van der Waals surface area contributed by atoms with Gasteiger partial charge in [0.25, 0.3) is 0 Å². The molecule has 2 amide bonds. The van der Waals surface area contributed by atoms with E-state index < -0.39 is 0 Å². The van der Waals surface area contributed by atoms with Gasteiger partial charge in [0.15, 0.2) is 5.78 Å². The quantitative estimate of drug-likeness (QED) is 0.464. The molecule has 1 aliphatic heterocycles. The summed E-state index contributed by atoms with van der Waals surface area (Å²) in [6.45, 7) is 0.380. The number of hydrazone groups is 1. The maximum atomic E-state index is 12.6. The number of hydrogen-bond acceptors (Lipinski definition) is 3. The Bertz CT molecular complexity index is 1150. The van der Waals surface area contributed by atoms with Crippen molar-refractivity contribution >= 4 is 58.5 Å². The molecule has 0 radical (unpaired) electrons. The molecule has 0 aliphatic carbocycles. The summed E-state index contributed by atoms with van der Waals surface area (Å²) in [5, 5.41) is 9.39. The van der Waals surface area contributed by atoms with Crippen LogP contribution in [0.25, 0.3) is 0 Å². The van der Waals surface area contributed by atoms with Crippen molar-refractivity contribution in [3.05, 3.63) is 98.0 Å². The minimum absolute atomic E-state index is 0.0796. The topological polar surface area (TPSA) is 61.8 Å². The van der Waals surface area contributed by atoms with E-state index in [0.717, 1.165) is 11.1 Å². The molecular weight excluding hydrogens is 457 g/mol. The molecule has 156 valence electrons. The first-order chi connectivity index (χ1) is 14.9. The van der Waals surface area contributed by atoms with E-state index in [1.54, 1.807) is 54.7 Å². The molecule has 1 aliphatic rings. The van der Waals surface area contributed by atoms with Crippen molar-refractivity contribution in [3.63, 3.8) is 0 Å². The van der Waals surface area contributed by atoms with Gasteiger partial charge in [0.05, 0.1) is 12.2 Å². The van der Waals surface area contributed by atoms with E-state index in [0.29, 0.717) is 44.8 Å². The van der Waals surface area contributed by atoms with E-state index in [2.05, 4.69) is 10.4 Å². The van der Waals surface area contributed by atoms with Gasteiger partial charge >= 0.3 is 6.03 Å². The Balaban J connectivity index is 1.53. The van der Waals surface area contributed by atoms with Crippen LogP contribution in [0.4, 0.5) is 10.5 Å². The summed E-state index contributed by atoms with van der Waals surface area (Å²) < 4.78 is 0. The molecule has 31 heavy (non-hydrogen) atoms. The lowest BCUT2D eigenvalue weighted by Crippen LogP contribution is -2.41. The molecule has 0 saturated carbocycles. The number of urea groups is 1. The summed E-state index contributed by atoms with van der Waals surface area (Å²) in [7, 11) is 0. The molecule has 1 N–H and O–H groups in total. The number of anilines is 1. The van der Waals surface area contributed by atoms with Crippen LogP contribution in [-0.2, 0) is 6.42 Å². The van der Waals surface area contributed by atoms with Crippen LogP contribution in [-0.4, -0.2) is 24.6 Å². The number of ketones is 1. The second kappa shape index (κ2) is 9.10. The largest absolute Gasteiger partial charge is 0.342 e. The first-order valence-corrected chi connectivity index (χ1v) is 10.5. The van der Waals surface area contributed by atoms with E-state index in [1.807, 2.05) is 12.1 Å². The van der Waals surface area contributed by atoms with Crippen LogP contribution in [0.15, 0.2) is 65.8 Å². The first kappa shape index (κ1) is 21.4. The molecule has 1 heterocycles. The number of benzene rings is 3. The third kappa shape index (κ3) is 4.74. The third-order valence-corrected chi connectivity index (χ3v) is 5.73. The highest BCUT2D eigenvalue weighted by atomic mass is 35.5. The number of rotatable bonds is 5. The Labute approximate surface area is 194 Å². The molecule has 0 saturated heterocycles. The average molecular weight is 473 g/mol. The van der Waals surface area contributed by atoms with Gasteiger partial charge < -0.3 is 5.32 Å². The fraction of sp³-hybridized carbons (Fsp3) is 0.0870. The number of amides is 2. The molecule has 8 heteroatoms. The zero-order valence-corrected chi connectivity index (χ0v) is 18.4. The summed E-state index contributed by atoms with van der Waals surface area (Å²) in [5.41, 5.74) is 3.30. The van der Waals surface area contributed by atoms with Crippen LogP contribution in [0.2, 0.25) is 15.1 Å². The molecule has 0 atom stereocenters. The maximum Gasteiger partial charge on any atom is 0.342 e. The van der Waals surface area contributed by atoms with Gasteiger partial charge in [0, 0.05) is 38.8 Å². The smallest absolute Gasteiger partial charge is 0.331 e. The van der Waals surface area contributed by atoms with Crippen molar-refractivity contribution in [2.75, 3.05) is 11.6 Å². The van der Waals surface area contributed by atoms with E-state index in [9.17, 15) is 9.59 Å². The second-order valence-corrected chi connectivity index (χ2v) is 8.14. The molecule has 3 aromatic rings. The second-order valence-electron chi connectivity index (χ2n) is 6.89. The summed E-state index contributed by atoms with van der Waals surface area (Å²) >= 11 is 18.8. The van der Waals surface area contributed by atoms with Gasteiger partial charge in [-0.05, 0) is 47.5 Å². The van der Waals surface area contributed by atoms with Crippen molar-refractivity contribution in [2.24, 2.45) is 5.10 Å². The molecular formula is C23H16Cl3N3O2. The van der Waals surface area contributed by atoms with Crippen molar-refractivity contribution in [2.45, 2.75) is 6.42 Å². The Morgan fingerprint density at radius 2 is 1.52 bits per heavy atom. The zero-order valence-electron chi connectivity index (χ0n) is 16.1. The fourth-order valence-electron chi connectivity index (χ4n) is 3.19. The lowest BCUT2D eigenvalue weighted by molar-refractivity contribution is 0.103. The minimum atomic E-state index is -0.344. The van der Waals surface area contributed by atoms with Gasteiger partial charge in [-0.25, -0.2) is 4.79 Å². The average Bonchev–Trinajstić information content (AvgIpc) is 2.77. The summed E-state index contributed by atoms with van der Waals surface area (Å²) in [6, 6.07) is 17.0. The highest BCUT2D eigenvalue weighted by molar-refractivity contribution is 6.36. The summed E-state index contributed by atoms with van der Waals surface area (Å²) in [6.07, 6.45) is 2.06. The predicted molar refractivity (Wildman–Crippen MR) is 125 cm³/mol. The normalized spacial score (nSPS) is 13.3. The van der Waals surface area contributed by atoms with Gasteiger partial charge in [-0.3, -0.25) is 4.79 Å². The number of hydrogen-bond donors (Lipinski definition) is 1. The monoisotopic (exact) mass is 471 g/mol. The highest BCUT2D eigenvalue weighted by Gasteiger charge is 2.20. The van der Waals surface area contributed by atoms with Gasteiger partial charge in [-0.1, -0.05) is 59.1 Å². The zero-order chi connectivity index (χ0) is 22.0. The molecule has 5 nitrogen and oxygen atoms in total. The van der Waals surface area contributed by atoms with Crippen LogP contribution >= 0.6 is 34.8 Å².